The van der Waals surface area contributed by atoms with E-state index in [4.69, 9.17) is 5.10 Å². The van der Waals surface area contributed by atoms with Crippen molar-refractivity contribution >= 4 is 22.4 Å². The summed E-state index contributed by atoms with van der Waals surface area (Å²) in [5.41, 5.74) is 2.89. The number of aromatic amines is 1. The van der Waals surface area contributed by atoms with Crippen LogP contribution in [-0.2, 0) is 0 Å². The SMILES string of the molecule is O=C(Nc1ccc(-c2nn(C(C3CC3)C3CC3)c(=O)c3ccccc23)cc1)c1cn[nH]c1. The number of amides is 1. The van der Waals surface area contributed by atoms with Crippen LogP contribution in [0.2, 0.25) is 0 Å². The Morgan fingerprint density at radius 3 is 2.31 bits per heavy atom. The van der Waals surface area contributed by atoms with E-state index < -0.39 is 0 Å². The molecule has 2 saturated carbocycles. The lowest BCUT2D eigenvalue weighted by molar-refractivity contribution is 0.102. The van der Waals surface area contributed by atoms with Gasteiger partial charge < -0.3 is 5.32 Å². The molecule has 7 nitrogen and oxygen atoms in total. The van der Waals surface area contributed by atoms with Crippen LogP contribution in [0.15, 0.2) is 65.7 Å². The molecule has 0 spiro atoms. The summed E-state index contributed by atoms with van der Waals surface area (Å²) in [5.74, 6) is 0.921. The predicted molar refractivity (Wildman–Crippen MR) is 122 cm³/mol. The van der Waals surface area contributed by atoms with Crippen molar-refractivity contribution in [2.24, 2.45) is 11.8 Å². The molecule has 160 valence electrons. The molecule has 2 aliphatic carbocycles. The molecule has 0 radical (unpaired) electrons. The smallest absolute Gasteiger partial charge is 0.274 e. The van der Waals surface area contributed by atoms with E-state index in [1.165, 1.54) is 31.9 Å². The van der Waals surface area contributed by atoms with Gasteiger partial charge in [-0.25, -0.2) is 4.68 Å². The molecule has 2 N–H and O–H groups in total. The average Bonchev–Trinajstić information content (AvgIpc) is 3.76. The van der Waals surface area contributed by atoms with E-state index in [0.717, 1.165) is 16.6 Å². The summed E-state index contributed by atoms with van der Waals surface area (Å²) in [4.78, 5) is 25.6. The summed E-state index contributed by atoms with van der Waals surface area (Å²) >= 11 is 0. The van der Waals surface area contributed by atoms with Crippen LogP contribution in [0.5, 0.6) is 0 Å². The third kappa shape index (κ3) is 3.39. The zero-order chi connectivity index (χ0) is 21.7. The number of hydrogen-bond acceptors (Lipinski definition) is 4. The summed E-state index contributed by atoms with van der Waals surface area (Å²) < 4.78 is 1.78. The van der Waals surface area contributed by atoms with Gasteiger partial charge in [-0.05, 0) is 55.7 Å². The van der Waals surface area contributed by atoms with Crippen LogP contribution in [0.1, 0.15) is 42.1 Å². The summed E-state index contributed by atoms with van der Waals surface area (Å²) in [6, 6.07) is 15.5. The van der Waals surface area contributed by atoms with Gasteiger partial charge >= 0.3 is 0 Å². The lowest BCUT2D eigenvalue weighted by Crippen LogP contribution is -2.30. The summed E-state index contributed by atoms with van der Waals surface area (Å²) in [6.07, 6.45) is 7.77. The fourth-order valence-corrected chi connectivity index (χ4v) is 4.57. The Kier molecular flexibility index (Phi) is 4.41. The van der Waals surface area contributed by atoms with Gasteiger partial charge in [0.15, 0.2) is 0 Å². The number of anilines is 1. The second kappa shape index (κ2) is 7.44. The molecule has 32 heavy (non-hydrogen) atoms. The summed E-state index contributed by atoms with van der Waals surface area (Å²) in [7, 11) is 0. The summed E-state index contributed by atoms with van der Waals surface area (Å²) in [5, 5.41) is 15.8. The van der Waals surface area contributed by atoms with Crippen molar-refractivity contribution in [3.05, 3.63) is 76.8 Å². The molecule has 0 atom stereocenters. The van der Waals surface area contributed by atoms with Crippen molar-refractivity contribution in [2.45, 2.75) is 31.7 Å². The van der Waals surface area contributed by atoms with Crippen molar-refractivity contribution in [3.8, 4) is 11.3 Å². The molecule has 0 bridgehead atoms. The molecule has 2 aliphatic rings. The van der Waals surface area contributed by atoms with E-state index in [1.54, 1.807) is 10.9 Å². The minimum atomic E-state index is -0.222. The first-order valence-electron chi connectivity index (χ1n) is 11.1. The Hall–Kier alpha value is -3.74. The van der Waals surface area contributed by atoms with E-state index in [-0.39, 0.29) is 17.5 Å². The number of nitrogens with one attached hydrogen (secondary N) is 2. The number of carbonyl (C=O) groups is 1. The van der Waals surface area contributed by atoms with Gasteiger partial charge in [0.05, 0.1) is 28.9 Å². The fraction of sp³-hybridized carbons (Fsp3) is 0.280. The van der Waals surface area contributed by atoms with Crippen molar-refractivity contribution < 1.29 is 4.79 Å². The highest BCUT2D eigenvalue weighted by molar-refractivity contribution is 6.04. The van der Waals surface area contributed by atoms with E-state index in [0.29, 0.717) is 28.5 Å². The number of aromatic nitrogens is 4. The predicted octanol–water partition coefficient (Wildman–Crippen LogP) is 4.40. The molecule has 0 saturated heterocycles. The molecule has 2 fully saturated rings. The van der Waals surface area contributed by atoms with Crippen LogP contribution < -0.4 is 10.9 Å². The topological polar surface area (TPSA) is 92.7 Å². The second-order valence-corrected chi connectivity index (χ2v) is 8.83. The van der Waals surface area contributed by atoms with Crippen molar-refractivity contribution in [1.82, 2.24) is 20.0 Å². The van der Waals surface area contributed by atoms with Crippen LogP contribution in [0.4, 0.5) is 5.69 Å². The molecule has 0 unspecified atom stereocenters. The fourth-order valence-electron chi connectivity index (χ4n) is 4.57. The zero-order valence-corrected chi connectivity index (χ0v) is 17.5. The maximum atomic E-state index is 13.4. The third-order valence-corrected chi connectivity index (χ3v) is 6.50. The van der Waals surface area contributed by atoms with Gasteiger partial charge in [-0.2, -0.15) is 10.2 Å². The van der Waals surface area contributed by atoms with Crippen LogP contribution in [0, 0.1) is 11.8 Å². The normalized spacial score (nSPS) is 15.9. The largest absolute Gasteiger partial charge is 0.322 e. The van der Waals surface area contributed by atoms with Gasteiger partial charge in [0, 0.05) is 22.8 Å². The molecule has 4 aromatic rings. The first-order valence-corrected chi connectivity index (χ1v) is 11.1. The minimum absolute atomic E-state index is 0.0112. The van der Waals surface area contributed by atoms with Gasteiger partial charge in [0.25, 0.3) is 11.5 Å². The standard InChI is InChI=1S/C25H23N5O2/c31-24(18-13-26-27-14-18)28-19-11-9-15(10-12-19)22-20-3-1-2-4-21(20)25(32)30(29-22)23(16-5-6-16)17-7-8-17/h1-4,9-14,16-17,23H,5-8H2,(H,26,27)(H,28,31). The molecule has 2 aromatic carbocycles. The van der Waals surface area contributed by atoms with Crippen molar-refractivity contribution in [1.29, 1.82) is 0 Å². The number of rotatable bonds is 6. The van der Waals surface area contributed by atoms with Crippen LogP contribution in [0.25, 0.3) is 22.0 Å². The first kappa shape index (κ1) is 19.0. The number of carbonyl (C=O) groups excluding carboxylic acids is 1. The van der Waals surface area contributed by atoms with E-state index in [9.17, 15) is 9.59 Å². The molecule has 2 aromatic heterocycles. The monoisotopic (exact) mass is 425 g/mol. The number of nitrogens with zero attached hydrogens (tertiary/aromatic N) is 3. The molecule has 1 amide bonds. The first-order chi connectivity index (χ1) is 15.7. The maximum Gasteiger partial charge on any atom is 0.274 e. The minimum Gasteiger partial charge on any atom is -0.322 e. The van der Waals surface area contributed by atoms with Gasteiger partial charge in [-0.15, -0.1) is 0 Å². The van der Waals surface area contributed by atoms with Crippen LogP contribution >= 0.6 is 0 Å². The molecule has 7 heteroatoms. The quantitative estimate of drug-likeness (QED) is 0.479. The molecule has 6 rings (SSSR count). The Labute approximate surface area is 184 Å². The van der Waals surface area contributed by atoms with Gasteiger partial charge in [-0.3, -0.25) is 14.7 Å². The Balaban J connectivity index is 1.40. The van der Waals surface area contributed by atoms with Gasteiger partial charge in [0.1, 0.15) is 0 Å². The molecular formula is C25H23N5O2. The number of fused-ring (bicyclic) bond motifs is 1. The Morgan fingerprint density at radius 2 is 1.69 bits per heavy atom. The highest BCUT2D eigenvalue weighted by Gasteiger charge is 2.44. The Bertz CT molecular complexity index is 1340. The molecule has 0 aliphatic heterocycles. The lowest BCUT2D eigenvalue weighted by Gasteiger charge is -2.20. The molecular weight excluding hydrogens is 402 g/mol. The second-order valence-electron chi connectivity index (χ2n) is 8.83. The van der Waals surface area contributed by atoms with E-state index in [2.05, 4.69) is 15.5 Å². The van der Waals surface area contributed by atoms with Crippen molar-refractivity contribution in [3.63, 3.8) is 0 Å². The highest BCUT2D eigenvalue weighted by atomic mass is 16.1. The van der Waals surface area contributed by atoms with Gasteiger partial charge in [0.2, 0.25) is 0 Å². The highest BCUT2D eigenvalue weighted by Crippen LogP contribution is 2.51. The van der Waals surface area contributed by atoms with E-state index in [1.807, 2.05) is 48.5 Å². The molecule has 2 heterocycles. The summed E-state index contributed by atoms with van der Waals surface area (Å²) in [6.45, 7) is 0. The van der Waals surface area contributed by atoms with Crippen LogP contribution in [0.3, 0.4) is 0 Å². The number of hydrogen-bond donors (Lipinski definition) is 2. The van der Waals surface area contributed by atoms with Crippen LogP contribution in [-0.4, -0.2) is 25.9 Å². The lowest BCUT2D eigenvalue weighted by atomic mass is 10.0. The number of H-pyrrole nitrogens is 1. The van der Waals surface area contributed by atoms with E-state index >= 15 is 0 Å². The van der Waals surface area contributed by atoms with Gasteiger partial charge in [-0.1, -0.05) is 30.3 Å². The van der Waals surface area contributed by atoms with Crippen molar-refractivity contribution in [2.75, 3.05) is 5.32 Å². The number of benzene rings is 2. The Morgan fingerprint density at radius 1 is 1.00 bits per heavy atom. The third-order valence-electron chi connectivity index (χ3n) is 6.50. The average molecular weight is 425 g/mol. The zero-order valence-electron chi connectivity index (χ0n) is 17.5. The maximum absolute atomic E-state index is 13.4.